The molecule has 0 bridgehead atoms. The molecule has 2 aromatic rings. The van der Waals surface area contributed by atoms with Crippen molar-refractivity contribution in [1.82, 2.24) is 9.66 Å². The van der Waals surface area contributed by atoms with Crippen molar-refractivity contribution in [1.29, 1.82) is 0 Å². The molecule has 0 radical (unpaired) electrons. The number of primary sulfonamides is 1. The zero-order chi connectivity index (χ0) is 16.7. The van der Waals surface area contributed by atoms with Crippen molar-refractivity contribution in [3.63, 3.8) is 0 Å². The van der Waals surface area contributed by atoms with Crippen molar-refractivity contribution >= 4 is 27.5 Å². The standard InChI is InChI=1S/C14H17N5O3S2/c15-24(20,21)14-17-19-9-12(16-13(19)23-14)10-1-3-11(4-2-10)18-5-7-22-8-6-18/h1-4,9,14,17H,5-8H2,(H2,15,20,21). The molecular formula is C14H17N5O3S2. The van der Waals surface area contributed by atoms with E-state index in [1.54, 1.807) is 10.9 Å². The lowest BCUT2D eigenvalue weighted by Crippen LogP contribution is -2.36. The number of imidazole rings is 1. The van der Waals surface area contributed by atoms with E-state index in [1.165, 1.54) is 0 Å². The van der Waals surface area contributed by atoms with Gasteiger partial charge in [-0.1, -0.05) is 12.1 Å². The van der Waals surface area contributed by atoms with E-state index in [4.69, 9.17) is 9.88 Å². The average Bonchev–Trinajstić information content (AvgIpc) is 3.14. The second-order valence-electron chi connectivity index (χ2n) is 5.59. The van der Waals surface area contributed by atoms with Crippen LogP contribution in [0.1, 0.15) is 0 Å². The highest BCUT2D eigenvalue weighted by Crippen LogP contribution is 2.33. The molecule has 0 amide bonds. The summed E-state index contributed by atoms with van der Waals surface area (Å²) in [4.78, 5) is 6.76. The van der Waals surface area contributed by atoms with Crippen LogP contribution in [0.25, 0.3) is 11.3 Å². The number of fused-ring (bicyclic) bond motifs is 1. The fourth-order valence-electron chi connectivity index (χ4n) is 2.72. The summed E-state index contributed by atoms with van der Waals surface area (Å²) in [5.74, 6) is 0. The van der Waals surface area contributed by atoms with Crippen LogP contribution in [-0.2, 0) is 14.8 Å². The van der Waals surface area contributed by atoms with Gasteiger partial charge >= 0.3 is 0 Å². The van der Waals surface area contributed by atoms with Crippen molar-refractivity contribution in [3.05, 3.63) is 30.5 Å². The van der Waals surface area contributed by atoms with Crippen LogP contribution in [0.15, 0.2) is 35.6 Å². The number of thioether (sulfide) groups is 1. The molecule has 1 unspecified atom stereocenters. The van der Waals surface area contributed by atoms with Crippen LogP contribution in [0.4, 0.5) is 5.69 Å². The average molecular weight is 367 g/mol. The van der Waals surface area contributed by atoms with Crippen LogP contribution < -0.4 is 15.5 Å². The van der Waals surface area contributed by atoms with Crippen molar-refractivity contribution in [3.8, 4) is 11.3 Å². The molecule has 2 aliphatic rings. The second-order valence-corrected chi connectivity index (χ2v) is 8.61. The highest BCUT2D eigenvalue weighted by atomic mass is 32.3. The van der Waals surface area contributed by atoms with E-state index in [9.17, 15) is 8.42 Å². The van der Waals surface area contributed by atoms with Gasteiger partial charge in [-0.15, -0.1) is 0 Å². The van der Waals surface area contributed by atoms with Gasteiger partial charge in [-0.25, -0.2) is 23.2 Å². The van der Waals surface area contributed by atoms with Gasteiger partial charge in [0.05, 0.1) is 25.1 Å². The minimum absolute atomic E-state index is 0.585. The van der Waals surface area contributed by atoms with Gasteiger partial charge in [-0.05, 0) is 23.9 Å². The molecule has 2 aliphatic heterocycles. The molecule has 3 heterocycles. The molecule has 4 rings (SSSR count). The molecule has 1 aromatic heterocycles. The third-order valence-corrected chi connectivity index (χ3v) is 6.58. The topological polar surface area (TPSA) is 102 Å². The predicted octanol–water partition coefficient (Wildman–Crippen LogP) is 0.608. The SMILES string of the molecule is NS(=O)(=O)C1Nn2cc(-c3ccc(N4CCOCC4)cc3)nc2S1. The third kappa shape index (κ3) is 2.97. The predicted molar refractivity (Wildman–Crippen MR) is 92.8 cm³/mol. The third-order valence-electron chi connectivity index (χ3n) is 3.97. The normalized spacial score (nSPS) is 20.7. The molecule has 1 aromatic carbocycles. The van der Waals surface area contributed by atoms with Crippen LogP contribution in [-0.4, -0.2) is 49.1 Å². The Kier molecular flexibility index (Phi) is 3.91. The lowest BCUT2D eigenvalue weighted by molar-refractivity contribution is 0.122. The molecule has 0 spiro atoms. The maximum atomic E-state index is 11.4. The summed E-state index contributed by atoms with van der Waals surface area (Å²) in [7, 11) is -3.66. The van der Waals surface area contributed by atoms with Gasteiger partial charge in [0.2, 0.25) is 14.7 Å². The van der Waals surface area contributed by atoms with Gasteiger partial charge in [0.1, 0.15) is 0 Å². The molecule has 8 nitrogen and oxygen atoms in total. The van der Waals surface area contributed by atoms with E-state index < -0.39 is 14.7 Å². The van der Waals surface area contributed by atoms with Crippen molar-refractivity contribution in [2.75, 3.05) is 36.6 Å². The van der Waals surface area contributed by atoms with Crippen LogP contribution in [0.2, 0.25) is 0 Å². The van der Waals surface area contributed by atoms with Gasteiger partial charge in [0, 0.05) is 24.3 Å². The number of morpholine rings is 1. The first kappa shape index (κ1) is 15.8. The minimum Gasteiger partial charge on any atom is -0.378 e. The van der Waals surface area contributed by atoms with Crippen LogP contribution in [0.5, 0.6) is 0 Å². The molecule has 0 aliphatic carbocycles. The first-order chi connectivity index (χ1) is 11.5. The summed E-state index contributed by atoms with van der Waals surface area (Å²) in [5.41, 5.74) is 5.73. The fraction of sp³-hybridized carbons (Fsp3) is 0.357. The Morgan fingerprint density at radius 2 is 1.96 bits per heavy atom. The van der Waals surface area contributed by atoms with Crippen LogP contribution >= 0.6 is 11.8 Å². The fourth-order valence-corrected chi connectivity index (χ4v) is 4.50. The van der Waals surface area contributed by atoms with Gasteiger partial charge in [-0.2, -0.15) is 0 Å². The number of rotatable bonds is 3. The smallest absolute Gasteiger partial charge is 0.241 e. The monoisotopic (exact) mass is 367 g/mol. The van der Waals surface area contributed by atoms with Crippen LogP contribution in [0, 0.1) is 0 Å². The Hall–Kier alpha value is -1.75. The Morgan fingerprint density at radius 3 is 2.58 bits per heavy atom. The van der Waals surface area contributed by atoms with E-state index in [2.05, 4.69) is 27.4 Å². The molecule has 1 fully saturated rings. The summed E-state index contributed by atoms with van der Waals surface area (Å²) in [5, 5.41) is 5.73. The van der Waals surface area contributed by atoms with E-state index in [-0.39, 0.29) is 0 Å². The maximum absolute atomic E-state index is 11.4. The highest BCUT2D eigenvalue weighted by molar-refractivity contribution is 8.12. The van der Waals surface area contributed by atoms with Gasteiger partial charge in [0.25, 0.3) is 0 Å². The molecule has 3 N–H and O–H groups in total. The zero-order valence-corrected chi connectivity index (χ0v) is 14.4. The molecular weight excluding hydrogens is 350 g/mol. The molecule has 1 saturated heterocycles. The quantitative estimate of drug-likeness (QED) is 0.819. The summed E-state index contributed by atoms with van der Waals surface area (Å²) in [6.07, 6.45) is 1.78. The Balaban J connectivity index is 1.52. The molecule has 1 atom stereocenters. The van der Waals surface area contributed by atoms with Crippen molar-refractivity contribution < 1.29 is 13.2 Å². The number of nitrogens with zero attached hydrogens (tertiary/aromatic N) is 3. The first-order valence-electron chi connectivity index (χ1n) is 7.48. The zero-order valence-electron chi connectivity index (χ0n) is 12.8. The number of ether oxygens (including phenoxy) is 1. The first-order valence-corrected chi connectivity index (χ1v) is 9.97. The summed E-state index contributed by atoms with van der Waals surface area (Å²) in [6, 6.07) is 8.17. The van der Waals surface area contributed by atoms with E-state index in [0.29, 0.717) is 5.16 Å². The van der Waals surface area contributed by atoms with E-state index >= 15 is 0 Å². The highest BCUT2D eigenvalue weighted by Gasteiger charge is 2.32. The molecule has 128 valence electrons. The van der Waals surface area contributed by atoms with Crippen LogP contribution in [0.3, 0.4) is 0 Å². The lowest BCUT2D eigenvalue weighted by Gasteiger charge is -2.28. The Morgan fingerprint density at radius 1 is 1.25 bits per heavy atom. The number of nitrogens with two attached hydrogens (primary N) is 1. The number of anilines is 1. The van der Waals surface area contributed by atoms with Gasteiger partial charge in [0.15, 0.2) is 5.16 Å². The van der Waals surface area contributed by atoms with Gasteiger partial charge in [-0.3, -0.25) is 5.43 Å². The Bertz CT molecular complexity index is 820. The van der Waals surface area contributed by atoms with Crippen molar-refractivity contribution in [2.45, 2.75) is 9.86 Å². The summed E-state index contributed by atoms with van der Waals surface area (Å²) in [6.45, 7) is 3.30. The largest absolute Gasteiger partial charge is 0.378 e. The second kappa shape index (κ2) is 5.96. The number of aromatic nitrogens is 2. The number of sulfonamides is 1. The Labute approximate surface area is 144 Å². The molecule has 0 saturated carbocycles. The number of hydrogen-bond donors (Lipinski definition) is 2. The summed E-state index contributed by atoms with van der Waals surface area (Å²) >= 11 is 1.09. The van der Waals surface area contributed by atoms with E-state index in [0.717, 1.165) is 55.0 Å². The van der Waals surface area contributed by atoms with Crippen molar-refractivity contribution in [2.24, 2.45) is 5.14 Å². The van der Waals surface area contributed by atoms with Gasteiger partial charge < -0.3 is 9.64 Å². The minimum atomic E-state index is -3.66. The number of benzene rings is 1. The van der Waals surface area contributed by atoms with E-state index in [1.807, 2.05) is 12.1 Å². The maximum Gasteiger partial charge on any atom is 0.241 e. The molecule has 24 heavy (non-hydrogen) atoms. The molecule has 10 heteroatoms. The number of nitrogens with one attached hydrogen (secondary N) is 1. The summed E-state index contributed by atoms with van der Waals surface area (Å²) < 4.78 is 28.8. The number of hydrogen-bond acceptors (Lipinski definition) is 7. The lowest BCUT2D eigenvalue weighted by atomic mass is 10.1.